The number of nitrogens with one attached hydrogen (secondary N) is 1. The Kier molecular flexibility index (Phi) is 3.88. The number of carbonyl (C=O) groups excluding carboxylic acids is 1. The summed E-state index contributed by atoms with van der Waals surface area (Å²) in [7, 11) is 1.22. The lowest BCUT2D eigenvalue weighted by atomic mass is 10.1. The van der Waals surface area contributed by atoms with Crippen LogP contribution in [0.15, 0.2) is 18.2 Å². The van der Waals surface area contributed by atoms with Crippen LogP contribution in [-0.4, -0.2) is 24.3 Å². The van der Waals surface area contributed by atoms with Crippen LogP contribution in [0.5, 0.6) is 0 Å². The highest BCUT2D eigenvalue weighted by atomic mass is 16.5. The molecule has 0 fully saturated rings. The third-order valence-electron chi connectivity index (χ3n) is 2.14. The van der Waals surface area contributed by atoms with E-state index >= 15 is 0 Å². The van der Waals surface area contributed by atoms with E-state index in [1.807, 2.05) is 6.92 Å². The van der Waals surface area contributed by atoms with Crippen LogP contribution in [0.1, 0.15) is 22.8 Å². The molecule has 0 radical (unpaired) electrons. The number of methoxy groups -OCH3 is 1. The molecule has 5 nitrogen and oxygen atoms in total. The SMILES string of the molecule is CCc1ccc(NC(=O)OC)c(C(=O)O)c1. The molecule has 0 heterocycles. The number of ether oxygens (including phenoxy) is 1. The highest BCUT2D eigenvalue weighted by Gasteiger charge is 2.12. The molecule has 0 aliphatic carbocycles. The summed E-state index contributed by atoms with van der Waals surface area (Å²) in [6.45, 7) is 1.92. The Bertz CT molecular complexity index is 414. The first-order valence-electron chi connectivity index (χ1n) is 4.79. The van der Waals surface area contributed by atoms with Gasteiger partial charge in [-0.05, 0) is 24.1 Å². The summed E-state index contributed by atoms with van der Waals surface area (Å²) in [5, 5.41) is 11.3. The second kappa shape index (κ2) is 5.16. The van der Waals surface area contributed by atoms with E-state index in [9.17, 15) is 9.59 Å². The third kappa shape index (κ3) is 2.73. The van der Waals surface area contributed by atoms with Crippen LogP contribution in [0.3, 0.4) is 0 Å². The van der Waals surface area contributed by atoms with E-state index in [2.05, 4.69) is 10.1 Å². The molecule has 1 rings (SSSR count). The smallest absolute Gasteiger partial charge is 0.411 e. The Morgan fingerprint density at radius 3 is 2.62 bits per heavy atom. The Labute approximate surface area is 93.0 Å². The number of rotatable bonds is 3. The largest absolute Gasteiger partial charge is 0.478 e. The first-order valence-corrected chi connectivity index (χ1v) is 4.79. The van der Waals surface area contributed by atoms with E-state index in [0.29, 0.717) is 0 Å². The molecule has 0 aromatic heterocycles. The lowest BCUT2D eigenvalue weighted by Crippen LogP contribution is -2.14. The van der Waals surface area contributed by atoms with Crippen molar-refractivity contribution >= 4 is 17.7 Å². The predicted octanol–water partition coefficient (Wildman–Crippen LogP) is 2.13. The maximum Gasteiger partial charge on any atom is 0.411 e. The molecule has 0 atom stereocenters. The normalized spacial score (nSPS) is 9.62. The molecule has 1 aromatic carbocycles. The van der Waals surface area contributed by atoms with Gasteiger partial charge in [0.2, 0.25) is 0 Å². The number of hydrogen-bond acceptors (Lipinski definition) is 3. The van der Waals surface area contributed by atoms with Crippen molar-refractivity contribution in [3.05, 3.63) is 29.3 Å². The highest BCUT2D eigenvalue weighted by Crippen LogP contribution is 2.18. The molecule has 0 saturated carbocycles. The zero-order chi connectivity index (χ0) is 12.1. The van der Waals surface area contributed by atoms with Gasteiger partial charge in [-0.3, -0.25) is 5.32 Å². The van der Waals surface area contributed by atoms with Crippen LogP contribution in [0, 0.1) is 0 Å². The highest BCUT2D eigenvalue weighted by molar-refractivity contribution is 5.98. The predicted molar refractivity (Wildman–Crippen MR) is 58.8 cm³/mol. The van der Waals surface area contributed by atoms with E-state index in [4.69, 9.17) is 5.11 Å². The van der Waals surface area contributed by atoms with E-state index in [1.165, 1.54) is 13.2 Å². The monoisotopic (exact) mass is 223 g/mol. The first kappa shape index (κ1) is 12.0. The summed E-state index contributed by atoms with van der Waals surface area (Å²) < 4.78 is 4.40. The van der Waals surface area contributed by atoms with Gasteiger partial charge in [0.1, 0.15) is 0 Å². The lowest BCUT2D eigenvalue weighted by molar-refractivity contribution is 0.0698. The summed E-state index contributed by atoms with van der Waals surface area (Å²) >= 11 is 0. The first-order chi connectivity index (χ1) is 7.58. The lowest BCUT2D eigenvalue weighted by Gasteiger charge is -2.08. The van der Waals surface area contributed by atoms with Crippen LogP contribution in [0.4, 0.5) is 10.5 Å². The molecule has 0 aliphatic heterocycles. The summed E-state index contributed by atoms with van der Waals surface area (Å²) in [4.78, 5) is 22.0. The minimum atomic E-state index is -1.08. The second-order valence-electron chi connectivity index (χ2n) is 3.16. The van der Waals surface area contributed by atoms with E-state index in [0.717, 1.165) is 12.0 Å². The van der Waals surface area contributed by atoms with Gasteiger partial charge in [0, 0.05) is 0 Å². The molecule has 0 aliphatic rings. The average Bonchev–Trinajstić information content (AvgIpc) is 2.29. The average molecular weight is 223 g/mol. The summed E-state index contributed by atoms with van der Waals surface area (Å²) in [5.74, 6) is -1.08. The van der Waals surface area contributed by atoms with Crippen molar-refractivity contribution in [2.45, 2.75) is 13.3 Å². The quantitative estimate of drug-likeness (QED) is 0.823. The van der Waals surface area contributed by atoms with E-state index in [1.54, 1.807) is 12.1 Å². The van der Waals surface area contributed by atoms with E-state index < -0.39 is 12.1 Å². The number of anilines is 1. The van der Waals surface area contributed by atoms with Gasteiger partial charge in [-0.15, -0.1) is 0 Å². The van der Waals surface area contributed by atoms with Gasteiger partial charge in [0.25, 0.3) is 0 Å². The number of amides is 1. The number of carboxylic acids is 1. The van der Waals surface area contributed by atoms with Crippen LogP contribution in [0.2, 0.25) is 0 Å². The summed E-state index contributed by atoms with van der Waals surface area (Å²) in [6, 6.07) is 4.85. The van der Waals surface area contributed by atoms with Gasteiger partial charge in [-0.2, -0.15) is 0 Å². The van der Waals surface area contributed by atoms with Crippen molar-refractivity contribution in [1.82, 2.24) is 0 Å². The van der Waals surface area contributed by atoms with Crippen LogP contribution >= 0.6 is 0 Å². The van der Waals surface area contributed by atoms with Crippen molar-refractivity contribution in [3.63, 3.8) is 0 Å². The van der Waals surface area contributed by atoms with Crippen molar-refractivity contribution in [1.29, 1.82) is 0 Å². The van der Waals surface area contributed by atoms with Crippen molar-refractivity contribution in [2.24, 2.45) is 0 Å². The topological polar surface area (TPSA) is 75.6 Å². The van der Waals surface area contributed by atoms with Gasteiger partial charge >= 0.3 is 12.1 Å². The molecule has 1 aromatic rings. The third-order valence-corrected chi connectivity index (χ3v) is 2.14. The number of hydrogen-bond donors (Lipinski definition) is 2. The molecule has 0 saturated heterocycles. The molecule has 5 heteroatoms. The maximum absolute atomic E-state index is 11.0. The number of aryl methyl sites for hydroxylation is 1. The van der Waals surface area contributed by atoms with Gasteiger partial charge in [-0.1, -0.05) is 13.0 Å². The Morgan fingerprint density at radius 2 is 2.12 bits per heavy atom. The fourth-order valence-electron chi connectivity index (χ4n) is 1.26. The fourth-order valence-corrected chi connectivity index (χ4v) is 1.26. The molecule has 0 bridgehead atoms. The zero-order valence-electron chi connectivity index (χ0n) is 9.11. The fraction of sp³-hybridized carbons (Fsp3) is 0.273. The van der Waals surface area contributed by atoms with Crippen molar-refractivity contribution in [2.75, 3.05) is 12.4 Å². The zero-order valence-corrected chi connectivity index (χ0v) is 9.11. The number of aromatic carboxylic acids is 1. The van der Waals surface area contributed by atoms with Gasteiger partial charge in [0.05, 0.1) is 18.4 Å². The van der Waals surface area contributed by atoms with Crippen molar-refractivity contribution in [3.8, 4) is 0 Å². The van der Waals surface area contributed by atoms with Gasteiger partial charge in [-0.25, -0.2) is 9.59 Å². The van der Waals surface area contributed by atoms with Crippen LogP contribution in [-0.2, 0) is 11.2 Å². The maximum atomic E-state index is 11.0. The van der Waals surface area contributed by atoms with E-state index in [-0.39, 0.29) is 11.3 Å². The second-order valence-corrected chi connectivity index (χ2v) is 3.16. The van der Waals surface area contributed by atoms with Gasteiger partial charge in [0.15, 0.2) is 0 Å². The molecule has 2 N–H and O–H groups in total. The minimum Gasteiger partial charge on any atom is -0.478 e. The molecule has 0 spiro atoms. The summed E-state index contributed by atoms with van der Waals surface area (Å²) in [5.41, 5.74) is 1.19. The summed E-state index contributed by atoms with van der Waals surface area (Å²) in [6.07, 6.45) is 0.0467. The Hall–Kier alpha value is -2.04. The molecular formula is C11H13NO4. The minimum absolute atomic E-state index is 0.0600. The molecule has 16 heavy (non-hydrogen) atoms. The molecule has 1 amide bonds. The Morgan fingerprint density at radius 1 is 1.44 bits per heavy atom. The van der Waals surface area contributed by atoms with Crippen LogP contribution < -0.4 is 5.32 Å². The standard InChI is InChI=1S/C11H13NO4/c1-3-7-4-5-9(12-11(15)16-2)8(6-7)10(13)14/h4-6H,3H2,1-2H3,(H,12,15)(H,13,14). The number of benzene rings is 1. The number of carboxylic acid groups (broad SMARTS) is 1. The van der Waals surface area contributed by atoms with Crippen LogP contribution in [0.25, 0.3) is 0 Å². The number of carbonyl (C=O) groups is 2. The van der Waals surface area contributed by atoms with Gasteiger partial charge < -0.3 is 9.84 Å². The molecular weight excluding hydrogens is 210 g/mol. The van der Waals surface area contributed by atoms with Crippen molar-refractivity contribution < 1.29 is 19.4 Å². The molecule has 86 valence electrons. The molecule has 0 unspecified atom stereocenters. The Balaban J connectivity index is 3.08.